The van der Waals surface area contributed by atoms with Crippen molar-refractivity contribution in [3.8, 4) is 0 Å². The predicted molar refractivity (Wildman–Crippen MR) is 92.9 cm³/mol. The minimum absolute atomic E-state index is 0.276. The molecule has 2 atom stereocenters. The first-order valence-corrected chi connectivity index (χ1v) is 8.98. The monoisotopic (exact) mass is 391 g/mol. The van der Waals surface area contributed by atoms with E-state index in [4.69, 9.17) is 5.11 Å². The maximum Gasteiger partial charge on any atom is 0.327 e. The Morgan fingerprint density at radius 3 is 2.52 bits per heavy atom. The van der Waals surface area contributed by atoms with Crippen molar-refractivity contribution in [2.75, 3.05) is 11.5 Å². The molecule has 116 valence electrons. The summed E-state index contributed by atoms with van der Waals surface area (Å²) in [5.41, 5.74) is 1.11. The predicted octanol–water partition coefficient (Wildman–Crippen LogP) is 2.82. The zero-order chi connectivity index (χ0) is 15.8. The number of thiol groups is 1. The third-order valence-corrected chi connectivity index (χ3v) is 4.99. The van der Waals surface area contributed by atoms with E-state index in [1.54, 1.807) is 6.92 Å². The molecule has 0 bridgehead atoms. The molecular formula is C14H18BrNO3S2. The van der Waals surface area contributed by atoms with Gasteiger partial charge in [-0.05, 0) is 17.7 Å². The summed E-state index contributed by atoms with van der Waals surface area (Å²) in [6.45, 7) is 1.72. The van der Waals surface area contributed by atoms with Crippen LogP contribution in [0.2, 0.25) is 0 Å². The zero-order valence-electron chi connectivity index (χ0n) is 11.6. The normalized spacial score (nSPS) is 13.5. The molecule has 1 amide bonds. The average molecular weight is 392 g/mol. The topological polar surface area (TPSA) is 66.4 Å². The molecule has 0 aliphatic heterocycles. The summed E-state index contributed by atoms with van der Waals surface area (Å²) >= 11 is 8.88. The van der Waals surface area contributed by atoms with E-state index in [-0.39, 0.29) is 11.8 Å². The highest BCUT2D eigenvalue weighted by Crippen LogP contribution is 2.16. The van der Waals surface area contributed by atoms with Crippen LogP contribution in [0, 0.1) is 5.92 Å². The van der Waals surface area contributed by atoms with E-state index in [0.717, 1.165) is 10.0 Å². The fraction of sp³-hybridized carbons (Fsp3) is 0.429. The van der Waals surface area contributed by atoms with Crippen molar-refractivity contribution < 1.29 is 14.7 Å². The van der Waals surface area contributed by atoms with Gasteiger partial charge in [0.25, 0.3) is 0 Å². The number of carboxylic acid groups (broad SMARTS) is 1. The van der Waals surface area contributed by atoms with Gasteiger partial charge in [-0.15, -0.1) is 0 Å². The summed E-state index contributed by atoms with van der Waals surface area (Å²) in [4.78, 5) is 22.9. The number of rotatable bonds is 8. The Bertz CT molecular complexity index is 482. The van der Waals surface area contributed by atoms with Crippen LogP contribution in [0.25, 0.3) is 0 Å². The van der Waals surface area contributed by atoms with E-state index in [1.807, 2.05) is 24.3 Å². The van der Waals surface area contributed by atoms with Gasteiger partial charge in [0, 0.05) is 27.6 Å². The Morgan fingerprint density at radius 1 is 1.38 bits per heavy atom. The van der Waals surface area contributed by atoms with Crippen LogP contribution in [0.15, 0.2) is 28.7 Å². The first-order chi connectivity index (χ1) is 9.93. The number of carboxylic acids is 1. The van der Waals surface area contributed by atoms with Gasteiger partial charge in [-0.2, -0.15) is 24.4 Å². The van der Waals surface area contributed by atoms with Gasteiger partial charge < -0.3 is 10.4 Å². The number of nitrogens with one attached hydrogen (secondary N) is 1. The summed E-state index contributed by atoms with van der Waals surface area (Å²) in [5.74, 6) is -0.165. The van der Waals surface area contributed by atoms with Crippen LogP contribution < -0.4 is 5.32 Å². The average Bonchev–Trinajstić information content (AvgIpc) is 2.46. The van der Waals surface area contributed by atoms with Crippen LogP contribution in [0.3, 0.4) is 0 Å². The van der Waals surface area contributed by atoms with Gasteiger partial charge in [-0.25, -0.2) is 4.79 Å². The zero-order valence-corrected chi connectivity index (χ0v) is 14.9. The molecule has 0 unspecified atom stereocenters. The van der Waals surface area contributed by atoms with E-state index in [0.29, 0.717) is 17.3 Å². The van der Waals surface area contributed by atoms with E-state index >= 15 is 0 Å². The summed E-state index contributed by atoms with van der Waals surface area (Å²) < 4.78 is 1.01. The Hall–Kier alpha value is -0.660. The summed E-state index contributed by atoms with van der Waals surface area (Å²) in [6.07, 6.45) is 0. The standard InChI is InChI=1S/C14H18BrNO3S2/c1-9(6-20)13(17)16-12(14(18)19)8-21-7-10-2-4-11(15)5-3-10/h2-5,9,12,20H,6-8H2,1H3,(H,16,17)(H,18,19)/t9-,12+/m1/s1. The second-order valence-corrected chi connectivity index (χ2v) is 6.94. The number of aliphatic carboxylic acids is 1. The molecule has 0 fully saturated rings. The van der Waals surface area contributed by atoms with Crippen molar-refractivity contribution in [2.24, 2.45) is 5.92 Å². The quantitative estimate of drug-likeness (QED) is 0.596. The van der Waals surface area contributed by atoms with Crippen LogP contribution in [-0.2, 0) is 15.3 Å². The fourth-order valence-electron chi connectivity index (χ4n) is 1.45. The Balaban J connectivity index is 2.46. The number of hydrogen-bond donors (Lipinski definition) is 3. The molecule has 1 aromatic carbocycles. The van der Waals surface area contributed by atoms with Crippen molar-refractivity contribution in [1.82, 2.24) is 5.32 Å². The number of halogens is 1. The molecule has 1 aromatic rings. The van der Waals surface area contributed by atoms with E-state index in [1.165, 1.54) is 11.8 Å². The smallest absolute Gasteiger partial charge is 0.327 e. The third kappa shape index (κ3) is 6.76. The summed E-state index contributed by atoms with van der Waals surface area (Å²) in [6, 6.07) is 6.98. The van der Waals surface area contributed by atoms with E-state index in [2.05, 4.69) is 33.9 Å². The molecule has 0 radical (unpaired) electrons. The van der Waals surface area contributed by atoms with E-state index < -0.39 is 12.0 Å². The van der Waals surface area contributed by atoms with E-state index in [9.17, 15) is 9.59 Å². The Kier molecular flexibility index (Phi) is 8.21. The Morgan fingerprint density at radius 2 is 2.00 bits per heavy atom. The van der Waals surface area contributed by atoms with Crippen molar-refractivity contribution in [3.05, 3.63) is 34.3 Å². The first kappa shape index (κ1) is 18.4. The van der Waals surface area contributed by atoms with Gasteiger partial charge in [0.2, 0.25) is 5.91 Å². The van der Waals surface area contributed by atoms with Crippen LogP contribution in [0.5, 0.6) is 0 Å². The third-order valence-electron chi connectivity index (χ3n) is 2.80. The van der Waals surface area contributed by atoms with Gasteiger partial charge in [-0.1, -0.05) is 35.0 Å². The summed E-state index contributed by atoms with van der Waals surface area (Å²) in [5, 5.41) is 11.7. The number of carbonyl (C=O) groups is 2. The second-order valence-electron chi connectivity index (χ2n) is 4.62. The lowest BCUT2D eigenvalue weighted by Crippen LogP contribution is -2.45. The molecule has 0 aliphatic rings. The van der Waals surface area contributed by atoms with Crippen molar-refractivity contribution >= 4 is 52.2 Å². The Labute approximate surface area is 142 Å². The molecule has 2 N–H and O–H groups in total. The van der Waals surface area contributed by atoms with Gasteiger partial charge in [0.15, 0.2) is 0 Å². The SMILES string of the molecule is C[C@H](CS)C(=O)N[C@@H](CSCc1ccc(Br)cc1)C(=O)O. The number of hydrogen-bond acceptors (Lipinski definition) is 4. The minimum Gasteiger partial charge on any atom is -0.480 e. The molecule has 1 rings (SSSR count). The van der Waals surface area contributed by atoms with Gasteiger partial charge in [0.1, 0.15) is 6.04 Å². The minimum atomic E-state index is -1.02. The number of benzene rings is 1. The number of carbonyl (C=O) groups excluding carboxylic acids is 1. The highest BCUT2D eigenvalue weighted by Gasteiger charge is 2.22. The molecule has 0 aromatic heterocycles. The van der Waals surface area contributed by atoms with Gasteiger partial charge in [-0.3, -0.25) is 4.79 Å². The highest BCUT2D eigenvalue weighted by atomic mass is 79.9. The molecule has 0 saturated heterocycles. The fourth-order valence-corrected chi connectivity index (χ4v) is 2.88. The number of thioether (sulfide) groups is 1. The van der Waals surface area contributed by atoms with Crippen molar-refractivity contribution in [3.63, 3.8) is 0 Å². The molecule has 4 nitrogen and oxygen atoms in total. The van der Waals surface area contributed by atoms with Gasteiger partial charge in [0.05, 0.1) is 0 Å². The van der Waals surface area contributed by atoms with Crippen LogP contribution in [0.4, 0.5) is 0 Å². The number of amides is 1. The maximum absolute atomic E-state index is 11.7. The molecule has 0 spiro atoms. The van der Waals surface area contributed by atoms with Crippen molar-refractivity contribution in [2.45, 2.75) is 18.7 Å². The summed E-state index contributed by atoms with van der Waals surface area (Å²) in [7, 11) is 0. The van der Waals surface area contributed by atoms with Crippen LogP contribution >= 0.6 is 40.3 Å². The highest BCUT2D eigenvalue weighted by molar-refractivity contribution is 9.10. The van der Waals surface area contributed by atoms with Crippen molar-refractivity contribution in [1.29, 1.82) is 0 Å². The molecule has 21 heavy (non-hydrogen) atoms. The molecule has 7 heteroatoms. The lowest BCUT2D eigenvalue weighted by atomic mass is 10.2. The van der Waals surface area contributed by atoms with Crippen LogP contribution in [0.1, 0.15) is 12.5 Å². The molecular weight excluding hydrogens is 374 g/mol. The largest absolute Gasteiger partial charge is 0.480 e. The van der Waals surface area contributed by atoms with Gasteiger partial charge >= 0.3 is 5.97 Å². The van der Waals surface area contributed by atoms with Crippen LogP contribution in [-0.4, -0.2) is 34.5 Å². The first-order valence-electron chi connectivity index (χ1n) is 6.40. The molecule has 0 aliphatic carbocycles. The lowest BCUT2D eigenvalue weighted by Gasteiger charge is -2.16. The molecule has 0 heterocycles. The second kappa shape index (κ2) is 9.38. The maximum atomic E-state index is 11.7. The molecule has 0 saturated carbocycles. The lowest BCUT2D eigenvalue weighted by molar-refractivity contribution is -0.141.